The molecule has 1 aromatic rings. The molecule has 0 aromatic heterocycles. The molecule has 5 heteroatoms. The van der Waals surface area contributed by atoms with Crippen LogP contribution in [0.3, 0.4) is 0 Å². The average Bonchev–Trinajstić information content (AvgIpc) is 2.40. The number of carbonyl (C=O) groups excluding carboxylic acids is 1. The quantitative estimate of drug-likeness (QED) is 0.920. The summed E-state index contributed by atoms with van der Waals surface area (Å²) >= 11 is 0. The molecule has 0 unspecified atom stereocenters. The summed E-state index contributed by atoms with van der Waals surface area (Å²) in [4.78, 5) is 13.8. The molecule has 0 saturated carbocycles. The van der Waals surface area contributed by atoms with Crippen molar-refractivity contribution in [2.75, 3.05) is 13.1 Å². The van der Waals surface area contributed by atoms with E-state index < -0.39 is 5.54 Å². The molecule has 1 aliphatic rings. The van der Waals surface area contributed by atoms with Crippen molar-refractivity contribution in [3.05, 3.63) is 30.1 Å². The van der Waals surface area contributed by atoms with E-state index in [0.29, 0.717) is 18.8 Å². The summed E-state index contributed by atoms with van der Waals surface area (Å²) in [6, 6.07) is 6.00. The number of benzene rings is 1. The highest BCUT2D eigenvalue weighted by atomic mass is 19.1. The molecule has 4 nitrogen and oxygen atoms in total. The zero-order valence-electron chi connectivity index (χ0n) is 11.9. The first-order valence-corrected chi connectivity index (χ1v) is 6.87. The molecular formula is C15H21FN2O2. The number of hydrogen-bond donors (Lipinski definition) is 1. The molecule has 1 fully saturated rings. The Morgan fingerprint density at radius 2 is 1.85 bits per heavy atom. The highest BCUT2D eigenvalue weighted by Crippen LogP contribution is 2.20. The van der Waals surface area contributed by atoms with E-state index in [2.05, 4.69) is 0 Å². The number of likely N-dealkylation sites (tertiary alicyclic amines) is 1. The Hall–Kier alpha value is -1.62. The third-order valence-corrected chi connectivity index (χ3v) is 3.40. The van der Waals surface area contributed by atoms with Gasteiger partial charge in [0.05, 0.1) is 5.54 Å². The second kappa shape index (κ2) is 5.79. The van der Waals surface area contributed by atoms with Crippen molar-refractivity contribution >= 4 is 5.91 Å². The Labute approximate surface area is 118 Å². The van der Waals surface area contributed by atoms with Crippen molar-refractivity contribution in [1.82, 2.24) is 4.90 Å². The highest BCUT2D eigenvalue weighted by molar-refractivity contribution is 5.85. The standard InChI is InChI=1S/C15H21FN2O2/c1-15(2,17)14(19)18-9-7-13(8-10-18)20-12-5-3-11(16)4-6-12/h3-6,13H,7-10,17H2,1-2H3. The lowest BCUT2D eigenvalue weighted by atomic mass is 10.0. The van der Waals surface area contributed by atoms with Gasteiger partial charge in [-0.25, -0.2) is 4.39 Å². The molecule has 0 bridgehead atoms. The lowest BCUT2D eigenvalue weighted by molar-refractivity contribution is -0.137. The van der Waals surface area contributed by atoms with Gasteiger partial charge in [0.1, 0.15) is 17.7 Å². The van der Waals surface area contributed by atoms with Gasteiger partial charge in [-0.15, -0.1) is 0 Å². The maximum atomic E-state index is 12.8. The lowest BCUT2D eigenvalue weighted by Gasteiger charge is -2.35. The predicted molar refractivity (Wildman–Crippen MR) is 74.9 cm³/mol. The summed E-state index contributed by atoms with van der Waals surface area (Å²) < 4.78 is 18.6. The average molecular weight is 280 g/mol. The van der Waals surface area contributed by atoms with E-state index in [4.69, 9.17) is 10.5 Å². The third kappa shape index (κ3) is 3.70. The van der Waals surface area contributed by atoms with Crippen molar-refractivity contribution in [1.29, 1.82) is 0 Å². The molecule has 1 aliphatic heterocycles. The van der Waals surface area contributed by atoms with Crippen molar-refractivity contribution in [3.8, 4) is 5.75 Å². The number of halogens is 1. The second-order valence-electron chi connectivity index (χ2n) is 5.79. The lowest BCUT2D eigenvalue weighted by Crippen LogP contribution is -2.54. The van der Waals surface area contributed by atoms with Crippen LogP contribution in [0.2, 0.25) is 0 Å². The summed E-state index contributed by atoms with van der Waals surface area (Å²) in [6.45, 7) is 4.73. The van der Waals surface area contributed by atoms with Crippen LogP contribution in [0.15, 0.2) is 24.3 Å². The number of hydrogen-bond acceptors (Lipinski definition) is 3. The number of nitrogens with zero attached hydrogens (tertiary/aromatic N) is 1. The number of amides is 1. The van der Waals surface area contributed by atoms with Gasteiger partial charge in [-0.3, -0.25) is 4.79 Å². The van der Waals surface area contributed by atoms with Gasteiger partial charge in [0.15, 0.2) is 0 Å². The minimum absolute atomic E-state index is 0.0299. The first kappa shape index (κ1) is 14.8. The van der Waals surface area contributed by atoms with E-state index in [0.717, 1.165) is 12.8 Å². The van der Waals surface area contributed by atoms with E-state index in [1.807, 2.05) is 0 Å². The highest BCUT2D eigenvalue weighted by Gasteiger charge is 2.31. The summed E-state index contributed by atoms with van der Waals surface area (Å²) in [6.07, 6.45) is 1.59. The van der Waals surface area contributed by atoms with Crippen LogP contribution < -0.4 is 10.5 Å². The van der Waals surface area contributed by atoms with Gasteiger partial charge in [0, 0.05) is 25.9 Å². The molecule has 2 N–H and O–H groups in total. The molecule has 0 aliphatic carbocycles. The van der Waals surface area contributed by atoms with E-state index in [1.165, 1.54) is 12.1 Å². The van der Waals surface area contributed by atoms with Crippen molar-refractivity contribution in [2.24, 2.45) is 5.73 Å². The zero-order valence-corrected chi connectivity index (χ0v) is 11.9. The Morgan fingerprint density at radius 3 is 2.35 bits per heavy atom. The van der Waals surface area contributed by atoms with Crippen LogP contribution in [0.5, 0.6) is 5.75 Å². The molecule has 110 valence electrons. The molecule has 1 saturated heterocycles. The molecule has 1 aromatic carbocycles. The number of ether oxygens (including phenoxy) is 1. The maximum Gasteiger partial charge on any atom is 0.242 e. The van der Waals surface area contributed by atoms with Crippen molar-refractivity contribution < 1.29 is 13.9 Å². The third-order valence-electron chi connectivity index (χ3n) is 3.40. The summed E-state index contributed by atoms with van der Waals surface area (Å²) in [5.74, 6) is 0.357. The van der Waals surface area contributed by atoms with E-state index in [1.54, 1.807) is 30.9 Å². The van der Waals surface area contributed by atoms with Gasteiger partial charge in [-0.2, -0.15) is 0 Å². The molecule has 0 spiro atoms. The van der Waals surface area contributed by atoms with Crippen LogP contribution in [-0.4, -0.2) is 35.5 Å². The van der Waals surface area contributed by atoms with Crippen LogP contribution in [-0.2, 0) is 4.79 Å². The van der Waals surface area contributed by atoms with E-state index in [-0.39, 0.29) is 17.8 Å². The fourth-order valence-electron chi connectivity index (χ4n) is 2.29. The summed E-state index contributed by atoms with van der Waals surface area (Å²) in [5.41, 5.74) is 5.00. The fourth-order valence-corrected chi connectivity index (χ4v) is 2.29. The fraction of sp³-hybridized carbons (Fsp3) is 0.533. The number of rotatable bonds is 3. The van der Waals surface area contributed by atoms with Crippen molar-refractivity contribution in [2.45, 2.75) is 38.3 Å². The Morgan fingerprint density at radius 1 is 1.30 bits per heavy atom. The van der Waals surface area contributed by atoms with Crippen molar-refractivity contribution in [3.63, 3.8) is 0 Å². The molecule has 0 radical (unpaired) electrons. The minimum Gasteiger partial charge on any atom is -0.490 e. The number of nitrogens with two attached hydrogens (primary N) is 1. The molecule has 1 heterocycles. The van der Waals surface area contributed by atoms with Gasteiger partial charge in [0.2, 0.25) is 5.91 Å². The Bertz CT molecular complexity index is 460. The van der Waals surface area contributed by atoms with Gasteiger partial charge >= 0.3 is 0 Å². The molecule has 20 heavy (non-hydrogen) atoms. The predicted octanol–water partition coefficient (Wildman–Crippen LogP) is 1.93. The number of carbonyl (C=O) groups is 1. The van der Waals surface area contributed by atoms with E-state index in [9.17, 15) is 9.18 Å². The monoisotopic (exact) mass is 280 g/mol. The topological polar surface area (TPSA) is 55.6 Å². The zero-order chi connectivity index (χ0) is 14.8. The first-order chi connectivity index (χ1) is 9.36. The van der Waals surface area contributed by atoms with Crippen LogP contribution in [0.4, 0.5) is 4.39 Å². The Balaban J connectivity index is 1.85. The summed E-state index contributed by atoms with van der Waals surface area (Å²) in [7, 11) is 0. The van der Waals surface area contributed by atoms with Crippen LogP contribution >= 0.6 is 0 Å². The molecule has 0 atom stereocenters. The van der Waals surface area contributed by atoms with Gasteiger partial charge in [0.25, 0.3) is 0 Å². The van der Waals surface area contributed by atoms with E-state index >= 15 is 0 Å². The van der Waals surface area contributed by atoms with Crippen LogP contribution in [0, 0.1) is 5.82 Å². The number of piperidine rings is 1. The van der Waals surface area contributed by atoms with Crippen LogP contribution in [0.1, 0.15) is 26.7 Å². The Kier molecular flexibility index (Phi) is 4.28. The second-order valence-corrected chi connectivity index (χ2v) is 5.79. The first-order valence-electron chi connectivity index (χ1n) is 6.87. The SMILES string of the molecule is CC(C)(N)C(=O)N1CCC(Oc2ccc(F)cc2)CC1. The molecular weight excluding hydrogens is 259 g/mol. The van der Waals surface area contributed by atoms with Gasteiger partial charge < -0.3 is 15.4 Å². The molecule has 2 rings (SSSR count). The summed E-state index contributed by atoms with van der Waals surface area (Å²) in [5, 5.41) is 0. The van der Waals surface area contributed by atoms with Gasteiger partial charge in [-0.1, -0.05) is 0 Å². The van der Waals surface area contributed by atoms with Gasteiger partial charge in [-0.05, 0) is 38.1 Å². The normalized spacial score (nSPS) is 17.1. The smallest absolute Gasteiger partial charge is 0.242 e. The van der Waals surface area contributed by atoms with Crippen LogP contribution in [0.25, 0.3) is 0 Å². The molecule has 1 amide bonds. The largest absolute Gasteiger partial charge is 0.490 e. The maximum absolute atomic E-state index is 12.8. The minimum atomic E-state index is -0.829.